The van der Waals surface area contributed by atoms with E-state index in [0.29, 0.717) is 23.6 Å². The number of sulfonamides is 1. The number of benzene rings is 1. The highest BCUT2D eigenvalue weighted by Crippen LogP contribution is 2.50. The molecule has 2 saturated carbocycles. The molecule has 1 aromatic carbocycles. The molecule has 5 rings (SSSR count). The van der Waals surface area contributed by atoms with Gasteiger partial charge in [-0.25, -0.2) is 17.9 Å². The Morgan fingerprint density at radius 3 is 2.50 bits per heavy atom. The Morgan fingerprint density at radius 2 is 1.91 bits per heavy atom. The number of carbonyl (C=O) groups is 2. The third-order valence-electron chi connectivity index (χ3n) is 6.40. The zero-order valence-electron chi connectivity index (χ0n) is 17.5. The second kappa shape index (κ2) is 7.83. The van der Waals surface area contributed by atoms with Crippen LogP contribution in [0, 0.1) is 0 Å². The molecule has 2 heterocycles. The van der Waals surface area contributed by atoms with Crippen LogP contribution in [0.5, 0.6) is 0 Å². The summed E-state index contributed by atoms with van der Waals surface area (Å²) in [5.41, 5.74) is 1.22. The molecule has 170 valence electrons. The average molecular weight is 495 g/mol. The van der Waals surface area contributed by atoms with Crippen LogP contribution in [0.25, 0.3) is 0 Å². The predicted molar refractivity (Wildman–Crippen MR) is 120 cm³/mol. The van der Waals surface area contributed by atoms with Crippen LogP contribution in [0.2, 0.25) is 5.02 Å². The van der Waals surface area contributed by atoms with Crippen LogP contribution in [0.1, 0.15) is 52.0 Å². The van der Waals surface area contributed by atoms with Crippen molar-refractivity contribution in [2.24, 2.45) is 0 Å². The quantitative estimate of drug-likeness (QED) is 0.622. The van der Waals surface area contributed by atoms with Gasteiger partial charge in [-0.2, -0.15) is 0 Å². The molecule has 1 aliphatic heterocycles. The summed E-state index contributed by atoms with van der Waals surface area (Å²) in [5, 5.41) is 0.627. The van der Waals surface area contributed by atoms with Crippen LogP contribution < -0.4 is 4.72 Å². The summed E-state index contributed by atoms with van der Waals surface area (Å²) in [5.74, 6) is -0.614. The van der Waals surface area contributed by atoms with Crippen LogP contribution in [0.15, 0.2) is 28.5 Å². The molecule has 0 spiro atoms. The van der Waals surface area contributed by atoms with E-state index in [4.69, 9.17) is 16.3 Å². The van der Waals surface area contributed by atoms with Gasteiger partial charge in [0.15, 0.2) is 0 Å². The minimum atomic E-state index is -3.83. The van der Waals surface area contributed by atoms with E-state index in [1.807, 2.05) is 12.1 Å². The zero-order chi connectivity index (χ0) is 22.7. The first kappa shape index (κ1) is 21.9. The average Bonchev–Trinajstić information content (AvgIpc) is 3.70. The minimum Gasteiger partial charge on any atom is -0.465 e. The monoisotopic (exact) mass is 494 g/mol. The van der Waals surface area contributed by atoms with Crippen LogP contribution in [0.4, 0.5) is 0 Å². The molecule has 2 aromatic rings. The van der Waals surface area contributed by atoms with Crippen molar-refractivity contribution in [2.75, 3.05) is 13.7 Å². The first-order valence-electron chi connectivity index (χ1n) is 10.6. The van der Waals surface area contributed by atoms with Gasteiger partial charge in [-0.05, 0) is 55.4 Å². The third kappa shape index (κ3) is 3.75. The number of hydrogen-bond donors (Lipinski definition) is 1. The van der Waals surface area contributed by atoms with Crippen molar-refractivity contribution in [1.82, 2.24) is 9.62 Å². The Labute approximate surface area is 195 Å². The number of ether oxygens (including phenoxy) is 1. The van der Waals surface area contributed by atoms with Crippen LogP contribution in [-0.2, 0) is 37.9 Å². The van der Waals surface area contributed by atoms with E-state index in [-0.39, 0.29) is 28.3 Å². The summed E-state index contributed by atoms with van der Waals surface area (Å²) < 4.78 is 33.4. The normalized spacial score (nSPS) is 19.4. The van der Waals surface area contributed by atoms with Gasteiger partial charge in [0, 0.05) is 22.5 Å². The van der Waals surface area contributed by atoms with E-state index in [0.717, 1.165) is 47.5 Å². The Kier molecular flexibility index (Phi) is 5.35. The fraction of sp³-hybridized carbons (Fsp3) is 0.455. The lowest BCUT2D eigenvalue weighted by molar-refractivity contribution is -0.134. The maximum atomic E-state index is 13.5. The summed E-state index contributed by atoms with van der Waals surface area (Å²) >= 11 is 7.08. The molecule has 3 aliphatic rings. The Balaban J connectivity index is 1.45. The molecule has 1 N–H and O–H groups in total. The lowest BCUT2D eigenvalue weighted by Gasteiger charge is -2.31. The van der Waals surface area contributed by atoms with Crippen molar-refractivity contribution in [3.8, 4) is 0 Å². The smallest absolute Gasteiger partial charge is 0.340 e. The van der Waals surface area contributed by atoms with E-state index in [9.17, 15) is 18.0 Å². The molecule has 0 unspecified atom stereocenters. The fourth-order valence-electron chi connectivity index (χ4n) is 4.35. The van der Waals surface area contributed by atoms with E-state index in [1.54, 1.807) is 17.0 Å². The SMILES string of the molecule is COC(=O)c1c(S(=O)(=O)NC2CC2)sc2c1CCN(C(=O)C1(c3ccc(Cl)cc3)CC1)C2. The van der Waals surface area contributed by atoms with Gasteiger partial charge in [-0.1, -0.05) is 23.7 Å². The number of rotatable bonds is 6. The molecule has 0 saturated heterocycles. The number of thiophene rings is 1. The molecular formula is C22H23ClN2O5S2. The lowest BCUT2D eigenvalue weighted by Crippen LogP contribution is -2.42. The van der Waals surface area contributed by atoms with Gasteiger partial charge >= 0.3 is 5.97 Å². The summed E-state index contributed by atoms with van der Waals surface area (Å²) in [7, 11) is -2.58. The third-order valence-corrected chi connectivity index (χ3v) is 9.91. The number of halogens is 1. The standard InChI is InChI=1S/C22H23ClN2O5S2/c1-30-19(26)18-16-8-11-25(12-17(16)31-20(18)32(28,29)24-15-6-7-15)21(27)22(9-10-22)13-2-4-14(23)5-3-13/h2-5,15,24H,6-12H2,1H3. The number of hydrogen-bond acceptors (Lipinski definition) is 6. The maximum Gasteiger partial charge on any atom is 0.340 e. The van der Waals surface area contributed by atoms with Gasteiger partial charge in [0.2, 0.25) is 5.91 Å². The van der Waals surface area contributed by atoms with Crippen molar-refractivity contribution in [1.29, 1.82) is 0 Å². The van der Waals surface area contributed by atoms with E-state index >= 15 is 0 Å². The number of nitrogens with zero attached hydrogens (tertiary/aromatic N) is 1. The topological polar surface area (TPSA) is 92.8 Å². The second-order valence-corrected chi connectivity index (χ2v) is 12.1. The molecular weight excluding hydrogens is 472 g/mol. The molecule has 0 bridgehead atoms. The van der Waals surface area contributed by atoms with Gasteiger partial charge in [0.25, 0.3) is 10.0 Å². The fourth-order valence-corrected chi connectivity index (χ4v) is 7.69. The molecule has 0 radical (unpaired) electrons. The van der Waals surface area contributed by atoms with Crippen molar-refractivity contribution < 1.29 is 22.7 Å². The largest absolute Gasteiger partial charge is 0.465 e. The number of nitrogens with one attached hydrogen (secondary N) is 1. The van der Waals surface area contributed by atoms with Crippen LogP contribution in [0.3, 0.4) is 0 Å². The highest BCUT2D eigenvalue weighted by molar-refractivity contribution is 7.91. The summed E-state index contributed by atoms with van der Waals surface area (Å²) in [4.78, 5) is 28.5. The van der Waals surface area contributed by atoms with Crippen LogP contribution >= 0.6 is 22.9 Å². The van der Waals surface area contributed by atoms with E-state index in [2.05, 4.69) is 4.72 Å². The first-order chi connectivity index (χ1) is 15.2. The lowest BCUT2D eigenvalue weighted by atomic mass is 9.93. The summed E-state index contributed by atoms with van der Waals surface area (Å²) in [6, 6.07) is 7.32. The Hall–Kier alpha value is -1.94. The zero-order valence-corrected chi connectivity index (χ0v) is 19.9. The van der Waals surface area contributed by atoms with Gasteiger partial charge < -0.3 is 9.64 Å². The van der Waals surface area contributed by atoms with E-state index < -0.39 is 21.4 Å². The molecule has 32 heavy (non-hydrogen) atoms. The summed E-state index contributed by atoms with van der Waals surface area (Å²) in [6.07, 6.45) is 3.57. The molecule has 1 amide bonds. The van der Waals surface area contributed by atoms with Gasteiger partial charge in [-0.15, -0.1) is 11.3 Å². The first-order valence-corrected chi connectivity index (χ1v) is 13.2. The van der Waals surface area contributed by atoms with E-state index in [1.165, 1.54) is 7.11 Å². The molecule has 10 heteroatoms. The highest BCUT2D eigenvalue weighted by atomic mass is 35.5. The molecule has 7 nitrogen and oxygen atoms in total. The minimum absolute atomic E-state index is 0.00520. The number of carbonyl (C=O) groups excluding carboxylic acids is 2. The Morgan fingerprint density at radius 1 is 1.22 bits per heavy atom. The van der Waals surface area contributed by atoms with Gasteiger partial charge in [0.1, 0.15) is 4.21 Å². The Bertz CT molecular complexity index is 1200. The molecule has 0 atom stereocenters. The van der Waals surface area contributed by atoms with Crippen molar-refractivity contribution >= 4 is 44.8 Å². The molecule has 1 aromatic heterocycles. The number of esters is 1. The van der Waals surface area contributed by atoms with Crippen molar-refractivity contribution in [3.63, 3.8) is 0 Å². The molecule has 2 aliphatic carbocycles. The van der Waals surface area contributed by atoms with Crippen molar-refractivity contribution in [2.45, 2.75) is 54.3 Å². The number of amides is 1. The van der Waals surface area contributed by atoms with Crippen molar-refractivity contribution in [3.05, 3.63) is 50.9 Å². The van der Waals surface area contributed by atoms with Crippen LogP contribution in [-0.4, -0.2) is 44.9 Å². The van der Waals surface area contributed by atoms with Gasteiger partial charge in [0.05, 0.1) is 24.6 Å². The maximum absolute atomic E-state index is 13.5. The predicted octanol–water partition coefficient (Wildman–Crippen LogP) is 3.25. The second-order valence-electron chi connectivity index (χ2n) is 8.62. The number of methoxy groups -OCH3 is 1. The molecule has 2 fully saturated rings. The van der Waals surface area contributed by atoms with Gasteiger partial charge in [-0.3, -0.25) is 4.79 Å². The summed E-state index contributed by atoms with van der Waals surface area (Å²) in [6.45, 7) is 0.717. The number of fused-ring (bicyclic) bond motifs is 1. The highest BCUT2D eigenvalue weighted by Gasteiger charge is 2.53.